The van der Waals surface area contributed by atoms with Gasteiger partial charge in [0.1, 0.15) is 10.7 Å². The van der Waals surface area contributed by atoms with Crippen molar-refractivity contribution < 1.29 is 4.79 Å². The van der Waals surface area contributed by atoms with Gasteiger partial charge < -0.3 is 4.98 Å². The van der Waals surface area contributed by atoms with Gasteiger partial charge in [-0.05, 0) is 62.9 Å². The number of aryl methyl sites for hydroxylation is 4. The van der Waals surface area contributed by atoms with Crippen molar-refractivity contribution in [2.75, 3.05) is 0 Å². The van der Waals surface area contributed by atoms with Crippen LogP contribution < -0.4 is 11.0 Å². The Balaban J connectivity index is 1.74. The molecule has 3 aromatic rings. The maximum absolute atomic E-state index is 12.3. The van der Waals surface area contributed by atoms with E-state index in [9.17, 15) is 9.59 Å². The number of aromatic amines is 1. The molecule has 6 nitrogen and oxygen atoms in total. The van der Waals surface area contributed by atoms with Crippen molar-refractivity contribution in [2.45, 2.75) is 41.0 Å². The number of aromatic nitrogens is 2. The normalized spacial score (nSPS) is 11.8. The van der Waals surface area contributed by atoms with Gasteiger partial charge in [-0.25, -0.2) is 10.4 Å². The third-order valence-corrected chi connectivity index (χ3v) is 5.79. The van der Waals surface area contributed by atoms with Crippen LogP contribution in [0.5, 0.6) is 0 Å². The minimum absolute atomic E-state index is 0.0368. The van der Waals surface area contributed by atoms with E-state index in [1.807, 2.05) is 45.9 Å². The first-order chi connectivity index (χ1) is 12.8. The topological polar surface area (TPSA) is 87.2 Å². The molecule has 7 heteroatoms. The number of amides is 1. The van der Waals surface area contributed by atoms with Crippen molar-refractivity contribution >= 4 is 33.2 Å². The molecule has 0 bridgehead atoms. The SMILES string of the molecule is C/C(=N/NC(=O)Cc1nc2sc(C)c(C)c2c(=O)[nH]1)c1ccc(C)c(C)c1. The Bertz CT molecular complexity index is 1120. The molecule has 0 aliphatic carbocycles. The molecule has 0 radical (unpaired) electrons. The maximum Gasteiger partial charge on any atom is 0.259 e. The number of carbonyl (C=O) groups excluding carboxylic acids is 1. The lowest BCUT2D eigenvalue weighted by atomic mass is 10.0. The molecule has 27 heavy (non-hydrogen) atoms. The van der Waals surface area contributed by atoms with Crippen LogP contribution >= 0.6 is 11.3 Å². The van der Waals surface area contributed by atoms with Crippen LogP contribution in [0.15, 0.2) is 28.1 Å². The summed E-state index contributed by atoms with van der Waals surface area (Å²) in [6.07, 6.45) is -0.0368. The van der Waals surface area contributed by atoms with Gasteiger partial charge in [-0.3, -0.25) is 9.59 Å². The van der Waals surface area contributed by atoms with Crippen molar-refractivity contribution in [2.24, 2.45) is 5.10 Å². The summed E-state index contributed by atoms with van der Waals surface area (Å²) in [6.45, 7) is 9.79. The van der Waals surface area contributed by atoms with E-state index in [1.54, 1.807) is 0 Å². The highest BCUT2D eigenvalue weighted by atomic mass is 32.1. The van der Waals surface area contributed by atoms with Gasteiger partial charge in [0.05, 0.1) is 17.5 Å². The van der Waals surface area contributed by atoms with Gasteiger partial charge >= 0.3 is 0 Å². The van der Waals surface area contributed by atoms with Gasteiger partial charge in [0, 0.05) is 4.88 Å². The minimum atomic E-state index is -0.328. The first kappa shape index (κ1) is 19.0. The number of rotatable bonds is 4. The number of fused-ring (bicyclic) bond motifs is 1. The van der Waals surface area contributed by atoms with Crippen LogP contribution in [-0.4, -0.2) is 21.6 Å². The lowest BCUT2D eigenvalue weighted by molar-refractivity contribution is -0.120. The number of hydrazone groups is 1. The summed E-state index contributed by atoms with van der Waals surface area (Å²) in [4.78, 5) is 33.3. The van der Waals surface area contributed by atoms with E-state index in [1.165, 1.54) is 22.5 Å². The van der Waals surface area contributed by atoms with Crippen molar-refractivity contribution in [3.8, 4) is 0 Å². The van der Waals surface area contributed by atoms with Crippen molar-refractivity contribution in [3.05, 3.63) is 61.5 Å². The van der Waals surface area contributed by atoms with Gasteiger partial charge in [-0.2, -0.15) is 5.10 Å². The summed E-state index contributed by atoms with van der Waals surface area (Å²) >= 11 is 1.46. The second kappa shape index (κ2) is 7.44. The molecule has 0 atom stereocenters. The molecule has 140 valence electrons. The second-order valence-corrected chi connectivity index (χ2v) is 7.89. The summed E-state index contributed by atoms with van der Waals surface area (Å²) in [6, 6.07) is 6.04. The van der Waals surface area contributed by atoms with Crippen molar-refractivity contribution in [1.29, 1.82) is 0 Å². The summed E-state index contributed by atoms with van der Waals surface area (Å²) in [5.74, 6) is 0.0102. The summed E-state index contributed by atoms with van der Waals surface area (Å²) in [5.41, 5.74) is 7.32. The highest BCUT2D eigenvalue weighted by molar-refractivity contribution is 7.18. The highest BCUT2D eigenvalue weighted by Gasteiger charge is 2.13. The first-order valence-electron chi connectivity index (χ1n) is 8.66. The Morgan fingerprint density at radius 2 is 1.96 bits per heavy atom. The number of thiophene rings is 1. The van der Waals surface area contributed by atoms with E-state index < -0.39 is 0 Å². The second-order valence-electron chi connectivity index (χ2n) is 6.68. The Kier molecular flexibility index (Phi) is 5.23. The fourth-order valence-electron chi connectivity index (χ4n) is 2.75. The average molecular weight is 382 g/mol. The van der Waals surface area contributed by atoms with Crippen molar-refractivity contribution in [1.82, 2.24) is 15.4 Å². The number of H-pyrrole nitrogens is 1. The third-order valence-electron chi connectivity index (χ3n) is 4.69. The smallest absolute Gasteiger partial charge is 0.259 e. The average Bonchev–Trinajstić information content (AvgIpc) is 2.89. The quantitative estimate of drug-likeness (QED) is 0.536. The molecule has 1 aromatic carbocycles. The number of carbonyl (C=O) groups is 1. The maximum atomic E-state index is 12.3. The predicted octanol–water partition coefficient (Wildman–Crippen LogP) is 3.30. The number of nitrogens with zero attached hydrogens (tertiary/aromatic N) is 2. The van der Waals surface area contributed by atoms with Crippen LogP contribution in [-0.2, 0) is 11.2 Å². The molecule has 0 spiro atoms. The van der Waals surface area contributed by atoms with E-state index in [4.69, 9.17) is 0 Å². The molecule has 1 amide bonds. The lowest BCUT2D eigenvalue weighted by Gasteiger charge is -2.06. The first-order valence-corrected chi connectivity index (χ1v) is 9.47. The molecule has 0 saturated carbocycles. The third kappa shape index (κ3) is 3.98. The van der Waals surface area contributed by atoms with Crippen LogP contribution in [0.1, 0.15) is 39.9 Å². The summed E-state index contributed by atoms with van der Waals surface area (Å²) in [5, 5.41) is 4.77. The van der Waals surface area contributed by atoms with Crippen LogP contribution in [0, 0.1) is 27.7 Å². The molecule has 3 rings (SSSR count). The monoisotopic (exact) mass is 382 g/mol. The van der Waals surface area contributed by atoms with E-state index >= 15 is 0 Å². The fourth-order valence-corrected chi connectivity index (χ4v) is 3.80. The molecule has 0 unspecified atom stereocenters. The fraction of sp³-hybridized carbons (Fsp3) is 0.300. The van der Waals surface area contributed by atoms with Gasteiger partial charge in [-0.1, -0.05) is 12.1 Å². The van der Waals surface area contributed by atoms with Crippen LogP contribution in [0.3, 0.4) is 0 Å². The summed E-state index contributed by atoms with van der Waals surface area (Å²) < 4.78 is 0. The van der Waals surface area contributed by atoms with Gasteiger partial charge in [-0.15, -0.1) is 11.3 Å². The van der Waals surface area contributed by atoms with E-state index in [0.717, 1.165) is 16.0 Å². The molecule has 0 saturated heterocycles. The van der Waals surface area contributed by atoms with Crippen molar-refractivity contribution in [3.63, 3.8) is 0 Å². The zero-order chi connectivity index (χ0) is 19.7. The molecule has 2 heterocycles. The largest absolute Gasteiger partial charge is 0.309 e. The molecule has 2 N–H and O–H groups in total. The number of hydrogen-bond donors (Lipinski definition) is 2. The van der Waals surface area contributed by atoms with Gasteiger partial charge in [0.15, 0.2) is 0 Å². The predicted molar refractivity (Wildman–Crippen MR) is 110 cm³/mol. The molecular weight excluding hydrogens is 360 g/mol. The standard InChI is InChI=1S/C20H22N4O2S/c1-10-6-7-15(8-11(10)2)13(4)23-24-17(25)9-16-21-19(26)18-12(3)14(5)27-20(18)22-16/h6-8H,9H2,1-5H3,(H,24,25)(H,21,22,26)/b23-13-. The number of hydrogen-bond acceptors (Lipinski definition) is 5. The molecule has 0 aliphatic rings. The number of benzene rings is 1. The van der Waals surface area contributed by atoms with Crippen LogP contribution in [0.25, 0.3) is 10.2 Å². The Hall–Kier alpha value is -2.80. The minimum Gasteiger partial charge on any atom is -0.309 e. The Morgan fingerprint density at radius 3 is 2.67 bits per heavy atom. The van der Waals surface area contributed by atoms with E-state index in [2.05, 4.69) is 27.4 Å². The van der Waals surface area contributed by atoms with Crippen LogP contribution in [0.2, 0.25) is 0 Å². The zero-order valence-corrected chi connectivity index (χ0v) is 16.9. The molecule has 0 fully saturated rings. The van der Waals surface area contributed by atoms with E-state index in [0.29, 0.717) is 21.8 Å². The molecular formula is C20H22N4O2S. The molecule has 2 aromatic heterocycles. The highest BCUT2D eigenvalue weighted by Crippen LogP contribution is 2.25. The summed E-state index contributed by atoms with van der Waals surface area (Å²) in [7, 11) is 0. The van der Waals surface area contributed by atoms with Crippen LogP contribution in [0.4, 0.5) is 0 Å². The zero-order valence-electron chi connectivity index (χ0n) is 16.1. The van der Waals surface area contributed by atoms with Gasteiger partial charge in [0.25, 0.3) is 5.56 Å². The Labute approximate surface area is 161 Å². The number of nitrogens with one attached hydrogen (secondary N) is 2. The lowest BCUT2D eigenvalue weighted by Crippen LogP contribution is -2.24. The molecule has 0 aliphatic heterocycles. The van der Waals surface area contributed by atoms with E-state index in [-0.39, 0.29) is 17.9 Å². The Morgan fingerprint density at radius 1 is 1.22 bits per heavy atom. The van der Waals surface area contributed by atoms with Gasteiger partial charge in [0.2, 0.25) is 5.91 Å².